The molecular formula is C12H6BrClFN3O2S. The highest BCUT2D eigenvalue weighted by Gasteiger charge is 2.21. The Balaban J connectivity index is 2.46. The van der Waals surface area contributed by atoms with Crippen molar-refractivity contribution in [2.75, 3.05) is 4.72 Å². The summed E-state index contributed by atoms with van der Waals surface area (Å²) in [6.07, 6.45) is 1.20. The Morgan fingerprint density at radius 3 is 2.76 bits per heavy atom. The molecule has 0 saturated carbocycles. The van der Waals surface area contributed by atoms with Crippen LogP contribution in [0.1, 0.15) is 5.56 Å². The van der Waals surface area contributed by atoms with Crippen molar-refractivity contribution in [3.05, 3.63) is 51.5 Å². The van der Waals surface area contributed by atoms with Crippen LogP contribution in [0.4, 0.5) is 10.1 Å². The summed E-state index contributed by atoms with van der Waals surface area (Å²) in [4.78, 5) is 3.32. The van der Waals surface area contributed by atoms with E-state index in [0.717, 1.165) is 12.1 Å². The van der Waals surface area contributed by atoms with Crippen LogP contribution < -0.4 is 4.72 Å². The van der Waals surface area contributed by atoms with Crippen LogP contribution in [0.15, 0.2) is 39.8 Å². The molecule has 0 amide bonds. The van der Waals surface area contributed by atoms with Crippen LogP contribution in [0.5, 0.6) is 0 Å². The summed E-state index contributed by atoms with van der Waals surface area (Å²) in [5.74, 6) is -0.907. The van der Waals surface area contributed by atoms with Gasteiger partial charge in [0.15, 0.2) is 0 Å². The number of hydrogen-bond acceptors (Lipinski definition) is 4. The molecule has 1 N–H and O–H groups in total. The molecule has 0 aliphatic heterocycles. The van der Waals surface area contributed by atoms with Gasteiger partial charge in [0.25, 0.3) is 10.0 Å². The number of nitriles is 1. The van der Waals surface area contributed by atoms with E-state index in [1.165, 1.54) is 24.4 Å². The lowest BCUT2D eigenvalue weighted by molar-refractivity contribution is 0.593. The van der Waals surface area contributed by atoms with E-state index in [1.54, 1.807) is 0 Å². The number of benzene rings is 1. The van der Waals surface area contributed by atoms with Gasteiger partial charge in [0.1, 0.15) is 27.5 Å². The first kappa shape index (κ1) is 15.7. The number of pyridine rings is 1. The number of aromatic nitrogens is 1. The van der Waals surface area contributed by atoms with Crippen LogP contribution in [0.25, 0.3) is 0 Å². The zero-order valence-corrected chi connectivity index (χ0v) is 13.3. The van der Waals surface area contributed by atoms with Crippen molar-refractivity contribution in [2.45, 2.75) is 4.90 Å². The number of nitrogens with one attached hydrogen (secondary N) is 1. The third kappa shape index (κ3) is 3.32. The Labute approximate surface area is 133 Å². The summed E-state index contributed by atoms with van der Waals surface area (Å²) in [6.45, 7) is 0. The summed E-state index contributed by atoms with van der Waals surface area (Å²) < 4.78 is 40.5. The normalized spacial score (nSPS) is 11.0. The molecule has 1 aromatic carbocycles. The summed E-state index contributed by atoms with van der Waals surface area (Å²) in [7, 11) is -4.12. The van der Waals surface area contributed by atoms with E-state index < -0.39 is 26.3 Å². The van der Waals surface area contributed by atoms with Crippen molar-refractivity contribution in [3.8, 4) is 6.07 Å². The molecule has 0 atom stereocenters. The molecule has 2 aromatic rings. The van der Waals surface area contributed by atoms with Crippen molar-refractivity contribution in [1.82, 2.24) is 4.98 Å². The second kappa shape index (κ2) is 5.97. The fourth-order valence-electron chi connectivity index (χ4n) is 1.52. The predicted octanol–water partition coefficient (Wildman–Crippen LogP) is 3.31. The lowest BCUT2D eigenvalue weighted by Crippen LogP contribution is -2.15. The van der Waals surface area contributed by atoms with Gasteiger partial charge in [-0.3, -0.25) is 4.72 Å². The van der Waals surface area contributed by atoms with E-state index in [9.17, 15) is 12.8 Å². The SMILES string of the molecule is N#Cc1c(F)cccc1S(=O)(=O)Nc1cnc(Cl)c(Br)c1. The summed E-state index contributed by atoms with van der Waals surface area (Å²) >= 11 is 8.82. The van der Waals surface area contributed by atoms with Gasteiger partial charge in [0, 0.05) is 0 Å². The van der Waals surface area contributed by atoms with Crippen LogP contribution in [-0.2, 0) is 10.0 Å². The quantitative estimate of drug-likeness (QED) is 0.815. The molecule has 108 valence electrons. The number of sulfonamides is 1. The van der Waals surface area contributed by atoms with Gasteiger partial charge in [-0.05, 0) is 34.1 Å². The smallest absolute Gasteiger partial charge is 0.263 e. The minimum atomic E-state index is -4.12. The Morgan fingerprint density at radius 1 is 1.43 bits per heavy atom. The number of halogens is 3. The first-order chi connectivity index (χ1) is 9.85. The minimum absolute atomic E-state index is 0.124. The number of rotatable bonds is 3. The van der Waals surface area contributed by atoms with Crippen molar-refractivity contribution in [2.24, 2.45) is 0 Å². The fourth-order valence-corrected chi connectivity index (χ4v) is 3.18. The molecule has 5 nitrogen and oxygen atoms in total. The molecule has 1 aromatic heterocycles. The third-order valence-electron chi connectivity index (χ3n) is 2.43. The zero-order chi connectivity index (χ0) is 15.6. The van der Waals surface area contributed by atoms with E-state index >= 15 is 0 Å². The molecule has 0 aliphatic rings. The highest BCUT2D eigenvalue weighted by molar-refractivity contribution is 9.10. The Bertz CT molecular complexity index is 852. The van der Waals surface area contributed by atoms with E-state index in [4.69, 9.17) is 16.9 Å². The molecule has 1 heterocycles. The first-order valence-corrected chi connectivity index (χ1v) is 8.03. The van der Waals surface area contributed by atoms with Crippen LogP contribution in [-0.4, -0.2) is 13.4 Å². The maximum atomic E-state index is 13.5. The lowest BCUT2D eigenvalue weighted by Gasteiger charge is -2.10. The fraction of sp³-hybridized carbons (Fsp3) is 0. The van der Waals surface area contributed by atoms with Gasteiger partial charge in [0.05, 0.1) is 16.4 Å². The van der Waals surface area contributed by atoms with Crippen LogP contribution in [0.3, 0.4) is 0 Å². The predicted molar refractivity (Wildman–Crippen MR) is 78.9 cm³/mol. The average molecular weight is 391 g/mol. The van der Waals surface area contributed by atoms with Gasteiger partial charge < -0.3 is 0 Å². The Hall–Kier alpha value is -1.69. The summed E-state index contributed by atoms with van der Waals surface area (Å²) in [5, 5.41) is 9.06. The maximum absolute atomic E-state index is 13.5. The summed E-state index contributed by atoms with van der Waals surface area (Å²) in [5.41, 5.74) is -0.426. The average Bonchev–Trinajstić information content (AvgIpc) is 2.42. The van der Waals surface area contributed by atoms with Crippen molar-refractivity contribution >= 4 is 43.2 Å². The standard InChI is InChI=1S/C12H6BrClFN3O2S/c13-9-4-7(6-17-12(9)14)18-21(19,20)11-3-1-2-10(15)8(11)5-16/h1-4,6,18H. The van der Waals surface area contributed by atoms with Crippen molar-refractivity contribution in [1.29, 1.82) is 5.26 Å². The monoisotopic (exact) mass is 389 g/mol. The zero-order valence-electron chi connectivity index (χ0n) is 10.1. The van der Waals surface area contributed by atoms with Crippen LogP contribution in [0.2, 0.25) is 5.15 Å². The highest BCUT2D eigenvalue weighted by Crippen LogP contribution is 2.25. The molecule has 0 spiro atoms. The van der Waals surface area contributed by atoms with E-state index in [2.05, 4.69) is 25.6 Å². The van der Waals surface area contributed by atoms with Crippen molar-refractivity contribution in [3.63, 3.8) is 0 Å². The number of nitrogens with zero attached hydrogens (tertiary/aromatic N) is 2. The summed E-state index contributed by atoms with van der Waals surface area (Å²) in [6, 6.07) is 6.30. The third-order valence-corrected chi connectivity index (χ3v) is 4.98. The Morgan fingerprint density at radius 2 is 2.14 bits per heavy atom. The number of anilines is 1. The maximum Gasteiger partial charge on any atom is 0.263 e. The van der Waals surface area contributed by atoms with Crippen molar-refractivity contribution < 1.29 is 12.8 Å². The topological polar surface area (TPSA) is 82.8 Å². The van der Waals surface area contributed by atoms with Gasteiger partial charge in [-0.2, -0.15) is 5.26 Å². The molecule has 9 heteroatoms. The van der Waals surface area contributed by atoms with Crippen LogP contribution in [0, 0.1) is 17.1 Å². The molecule has 0 radical (unpaired) electrons. The second-order valence-corrected chi connectivity index (χ2v) is 6.69. The molecule has 21 heavy (non-hydrogen) atoms. The molecular weight excluding hydrogens is 385 g/mol. The molecule has 0 unspecified atom stereocenters. The lowest BCUT2D eigenvalue weighted by atomic mass is 10.2. The Kier molecular flexibility index (Phi) is 4.46. The molecule has 2 rings (SSSR count). The molecule has 0 fully saturated rings. The molecule has 0 bridgehead atoms. The first-order valence-electron chi connectivity index (χ1n) is 5.37. The minimum Gasteiger partial charge on any atom is -0.278 e. The van der Waals surface area contributed by atoms with Crippen LogP contribution >= 0.6 is 27.5 Å². The van der Waals surface area contributed by atoms with Gasteiger partial charge in [-0.15, -0.1) is 0 Å². The van der Waals surface area contributed by atoms with Gasteiger partial charge >= 0.3 is 0 Å². The number of hydrogen-bond donors (Lipinski definition) is 1. The van der Waals surface area contributed by atoms with Gasteiger partial charge in [-0.1, -0.05) is 17.7 Å². The highest BCUT2D eigenvalue weighted by atomic mass is 79.9. The molecule has 0 aliphatic carbocycles. The van der Waals surface area contributed by atoms with Gasteiger partial charge in [0.2, 0.25) is 0 Å². The molecule has 0 saturated heterocycles. The van der Waals surface area contributed by atoms with E-state index in [-0.39, 0.29) is 10.8 Å². The second-order valence-electron chi connectivity index (χ2n) is 3.83. The van der Waals surface area contributed by atoms with E-state index in [1.807, 2.05) is 0 Å². The van der Waals surface area contributed by atoms with Gasteiger partial charge in [-0.25, -0.2) is 17.8 Å². The van der Waals surface area contributed by atoms with E-state index in [0.29, 0.717) is 4.47 Å². The largest absolute Gasteiger partial charge is 0.278 e.